The standard InChI is InChI=1S/C16H11N3O/c1-11-8-13-5-3-7-18-15(13)19(16(11)20)14-6-2-4-12(9-14)10-17/h2-9H,1H3. The maximum absolute atomic E-state index is 12.4. The molecule has 0 aliphatic heterocycles. The Hall–Kier alpha value is -2.93. The van der Waals surface area contributed by atoms with Gasteiger partial charge in [0, 0.05) is 17.1 Å². The molecule has 0 spiro atoms. The fourth-order valence-electron chi connectivity index (χ4n) is 2.23. The summed E-state index contributed by atoms with van der Waals surface area (Å²) in [5.74, 6) is 0. The number of fused-ring (bicyclic) bond motifs is 1. The van der Waals surface area contributed by atoms with Crippen LogP contribution in [0, 0.1) is 18.3 Å². The van der Waals surface area contributed by atoms with Gasteiger partial charge in [-0.2, -0.15) is 5.26 Å². The number of nitriles is 1. The van der Waals surface area contributed by atoms with Gasteiger partial charge in [-0.1, -0.05) is 6.07 Å². The second-order valence-corrected chi connectivity index (χ2v) is 4.55. The molecule has 1 aromatic carbocycles. The van der Waals surface area contributed by atoms with Gasteiger partial charge in [-0.3, -0.25) is 9.36 Å². The minimum Gasteiger partial charge on any atom is -0.269 e. The quantitative estimate of drug-likeness (QED) is 0.676. The molecule has 0 saturated heterocycles. The third-order valence-corrected chi connectivity index (χ3v) is 3.17. The first-order chi connectivity index (χ1) is 9.70. The molecule has 2 heterocycles. The highest BCUT2D eigenvalue weighted by Crippen LogP contribution is 2.16. The van der Waals surface area contributed by atoms with Crippen molar-refractivity contribution in [2.75, 3.05) is 0 Å². The monoisotopic (exact) mass is 261 g/mol. The van der Waals surface area contributed by atoms with Crippen molar-refractivity contribution in [2.24, 2.45) is 0 Å². The van der Waals surface area contributed by atoms with E-state index in [1.807, 2.05) is 18.2 Å². The van der Waals surface area contributed by atoms with E-state index < -0.39 is 0 Å². The minimum absolute atomic E-state index is 0.119. The molecule has 0 fully saturated rings. The van der Waals surface area contributed by atoms with E-state index >= 15 is 0 Å². The number of rotatable bonds is 1. The zero-order valence-electron chi connectivity index (χ0n) is 10.9. The first kappa shape index (κ1) is 12.1. The molecule has 0 unspecified atom stereocenters. The van der Waals surface area contributed by atoms with Crippen LogP contribution in [-0.4, -0.2) is 9.55 Å². The molecule has 0 aliphatic rings. The highest BCUT2D eigenvalue weighted by molar-refractivity contribution is 5.77. The van der Waals surface area contributed by atoms with E-state index in [-0.39, 0.29) is 5.56 Å². The molecule has 0 amide bonds. The van der Waals surface area contributed by atoms with Crippen LogP contribution in [0.3, 0.4) is 0 Å². The first-order valence-electron chi connectivity index (χ1n) is 6.18. The Kier molecular flexibility index (Phi) is 2.81. The van der Waals surface area contributed by atoms with E-state index in [2.05, 4.69) is 11.1 Å². The van der Waals surface area contributed by atoms with E-state index in [1.165, 1.54) is 0 Å². The van der Waals surface area contributed by atoms with Gasteiger partial charge in [0.2, 0.25) is 0 Å². The molecule has 4 heteroatoms. The van der Waals surface area contributed by atoms with Crippen molar-refractivity contribution in [3.63, 3.8) is 0 Å². The van der Waals surface area contributed by atoms with E-state index in [0.717, 1.165) is 5.39 Å². The largest absolute Gasteiger partial charge is 0.269 e. The number of pyridine rings is 2. The first-order valence-corrected chi connectivity index (χ1v) is 6.18. The van der Waals surface area contributed by atoms with Gasteiger partial charge in [0.05, 0.1) is 17.3 Å². The lowest BCUT2D eigenvalue weighted by Crippen LogP contribution is -2.21. The molecule has 3 aromatic rings. The zero-order chi connectivity index (χ0) is 14.1. The maximum atomic E-state index is 12.4. The molecule has 0 bridgehead atoms. The molecule has 0 aliphatic carbocycles. The Morgan fingerprint density at radius 1 is 1.20 bits per heavy atom. The fraction of sp³-hybridized carbons (Fsp3) is 0.0625. The zero-order valence-corrected chi connectivity index (χ0v) is 10.9. The summed E-state index contributed by atoms with van der Waals surface area (Å²) in [5.41, 5.74) is 2.29. The summed E-state index contributed by atoms with van der Waals surface area (Å²) in [5, 5.41) is 9.89. The number of nitrogens with zero attached hydrogens (tertiary/aromatic N) is 3. The molecule has 0 radical (unpaired) electrons. The van der Waals surface area contributed by atoms with Crippen LogP contribution in [0.5, 0.6) is 0 Å². The topological polar surface area (TPSA) is 58.7 Å². The summed E-state index contributed by atoms with van der Waals surface area (Å²) in [6, 6.07) is 14.6. The average Bonchev–Trinajstić information content (AvgIpc) is 2.48. The van der Waals surface area contributed by atoms with Gasteiger partial charge in [0.15, 0.2) is 0 Å². The molecule has 2 aromatic heterocycles. The van der Waals surface area contributed by atoms with Crippen molar-refractivity contribution in [3.05, 3.63) is 70.1 Å². The summed E-state index contributed by atoms with van der Waals surface area (Å²) in [7, 11) is 0. The second-order valence-electron chi connectivity index (χ2n) is 4.55. The Labute approximate surface area is 115 Å². The van der Waals surface area contributed by atoms with Gasteiger partial charge < -0.3 is 0 Å². The summed E-state index contributed by atoms with van der Waals surface area (Å²) in [6.45, 7) is 1.78. The number of benzene rings is 1. The lowest BCUT2D eigenvalue weighted by molar-refractivity contribution is 0.995. The maximum Gasteiger partial charge on any atom is 0.259 e. The van der Waals surface area contributed by atoms with Crippen molar-refractivity contribution in [2.45, 2.75) is 6.92 Å². The number of aryl methyl sites for hydroxylation is 1. The van der Waals surface area contributed by atoms with Gasteiger partial charge in [0.25, 0.3) is 5.56 Å². The number of hydrogen-bond donors (Lipinski definition) is 0. The lowest BCUT2D eigenvalue weighted by Gasteiger charge is -2.10. The summed E-state index contributed by atoms with van der Waals surface area (Å²) in [6.07, 6.45) is 1.65. The van der Waals surface area contributed by atoms with Crippen LogP contribution in [0.4, 0.5) is 0 Å². The van der Waals surface area contributed by atoms with Gasteiger partial charge in [-0.05, 0) is 43.3 Å². The summed E-state index contributed by atoms with van der Waals surface area (Å²) in [4.78, 5) is 16.7. The molecule has 0 N–H and O–H groups in total. The van der Waals surface area contributed by atoms with Crippen LogP contribution in [-0.2, 0) is 0 Å². The molecular weight excluding hydrogens is 250 g/mol. The molecule has 4 nitrogen and oxygen atoms in total. The van der Waals surface area contributed by atoms with Gasteiger partial charge in [0.1, 0.15) is 5.65 Å². The van der Waals surface area contributed by atoms with Crippen LogP contribution < -0.4 is 5.56 Å². The van der Waals surface area contributed by atoms with Crippen molar-refractivity contribution in [3.8, 4) is 11.8 Å². The predicted octanol–water partition coefficient (Wildman–Crippen LogP) is 2.57. The smallest absolute Gasteiger partial charge is 0.259 e. The lowest BCUT2D eigenvalue weighted by atomic mass is 10.2. The Bertz CT molecular complexity index is 903. The number of aromatic nitrogens is 2. The molecule has 0 atom stereocenters. The van der Waals surface area contributed by atoms with E-state index in [9.17, 15) is 4.79 Å². The van der Waals surface area contributed by atoms with Crippen LogP contribution in [0.25, 0.3) is 16.7 Å². The van der Waals surface area contributed by atoms with E-state index in [1.54, 1.807) is 42.0 Å². The SMILES string of the molecule is Cc1cc2cccnc2n(-c2cccc(C#N)c2)c1=O. The van der Waals surface area contributed by atoms with Crippen LogP contribution in [0.15, 0.2) is 53.5 Å². The van der Waals surface area contributed by atoms with Crippen molar-refractivity contribution < 1.29 is 0 Å². The van der Waals surface area contributed by atoms with Crippen LogP contribution in [0.1, 0.15) is 11.1 Å². The third-order valence-electron chi connectivity index (χ3n) is 3.17. The van der Waals surface area contributed by atoms with E-state index in [4.69, 9.17) is 5.26 Å². The summed E-state index contributed by atoms with van der Waals surface area (Å²) >= 11 is 0. The molecule has 0 saturated carbocycles. The minimum atomic E-state index is -0.119. The Balaban J connectivity index is 2.43. The van der Waals surface area contributed by atoms with Crippen molar-refractivity contribution in [1.82, 2.24) is 9.55 Å². The highest BCUT2D eigenvalue weighted by atomic mass is 16.1. The van der Waals surface area contributed by atoms with Crippen molar-refractivity contribution in [1.29, 1.82) is 5.26 Å². The van der Waals surface area contributed by atoms with Gasteiger partial charge in [-0.15, -0.1) is 0 Å². The van der Waals surface area contributed by atoms with Crippen molar-refractivity contribution >= 4 is 11.0 Å². The summed E-state index contributed by atoms with van der Waals surface area (Å²) < 4.78 is 1.55. The van der Waals surface area contributed by atoms with Crippen LogP contribution in [0.2, 0.25) is 0 Å². The molecule has 96 valence electrons. The van der Waals surface area contributed by atoms with E-state index in [0.29, 0.717) is 22.5 Å². The Morgan fingerprint density at radius 3 is 2.85 bits per heavy atom. The van der Waals surface area contributed by atoms with Gasteiger partial charge in [-0.25, -0.2) is 4.98 Å². The normalized spacial score (nSPS) is 10.4. The highest BCUT2D eigenvalue weighted by Gasteiger charge is 2.09. The molecule has 3 rings (SSSR count). The average molecular weight is 261 g/mol. The van der Waals surface area contributed by atoms with Gasteiger partial charge >= 0.3 is 0 Å². The second kappa shape index (κ2) is 4.63. The Morgan fingerprint density at radius 2 is 2.05 bits per heavy atom. The fourth-order valence-corrected chi connectivity index (χ4v) is 2.23. The molecular formula is C16H11N3O. The third kappa shape index (κ3) is 1.86. The predicted molar refractivity (Wildman–Crippen MR) is 76.8 cm³/mol. The number of hydrogen-bond acceptors (Lipinski definition) is 3. The molecule has 20 heavy (non-hydrogen) atoms. The van der Waals surface area contributed by atoms with Crippen LogP contribution >= 0.6 is 0 Å².